The van der Waals surface area contributed by atoms with Crippen LogP contribution in [0.25, 0.3) is 0 Å². The number of guanidine groups is 1. The van der Waals surface area contributed by atoms with Crippen LogP contribution in [0.1, 0.15) is 25.0 Å². The Hall–Kier alpha value is -1.88. The van der Waals surface area contributed by atoms with Crippen molar-refractivity contribution in [1.29, 1.82) is 0 Å². The quantitative estimate of drug-likeness (QED) is 0.299. The summed E-state index contributed by atoms with van der Waals surface area (Å²) in [6, 6.07) is 11.1. The van der Waals surface area contributed by atoms with Gasteiger partial charge in [0.25, 0.3) is 0 Å². The number of nitrogens with zero attached hydrogens (tertiary/aromatic N) is 1. The first-order valence-electron chi connectivity index (χ1n) is 9.43. The van der Waals surface area contributed by atoms with Gasteiger partial charge in [0.05, 0.1) is 18.0 Å². The molecule has 0 aromatic heterocycles. The molecule has 0 amide bonds. The summed E-state index contributed by atoms with van der Waals surface area (Å²) < 4.78 is 42.2. The molecule has 30 heavy (non-hydrogen) atoms. The largest absolute Gasteiger partial charge is 0.489 e. The Morgan fingerprint density at radius 2 is 1.83 bits per heavy atom. The molecule has 1 atom stereocenters. The van der Waals surface area contributed by atoms with Crippen LogP contribution in [0.4, 0.5) is 4.39 Å². The zero-order valence-electron chi connectivity index (χ0n) is 17.6. The van der Waals surface area contributed by atoms with E-state index in [0.717, 1.165) is 5.56 Å². The van der Waals surface area contributed by atoms with Crippen LogP contribution in [0.2, 0.25) is 0 Å². The topological polar surface area (TPSA) is 79.8 Å². The van der Waals surface area contributed by atoms with Gasteiger partial charge in [-0.15, -0.1) is 24.0 Å². The highest BCUT2D eigenvalue weighted by molar-refractivity contribution is 14.0. The lowest BCUT2D eigenvalue weighted by atomic mass is 10.1. The van der Waals surface area contributed by atoms with Gasteiger partial charge in [-0.25, -0.2) is 17.8 Å². The van der Waals surface area contributed by atoms with E-state index in [1.807, 2.05) is 19.9 Å². The molecule has 0 aliphatic rings. The molecular weight excluding hydrogens is 520 g/mol. The third-order valence-corrected chi connectivity index (χ3v) is 5.37. The van der Waals surface area contributed by atoms with Crippen LogP contribution in [-0.4, -0.2) is 39.8 Å². The molecule has 0 bridgehead atoms. The molecule has 0 saturated carbocycles. The van der Waals surface area contributed by atoms with E-state index in [1.54, 1.807) is 31.2 Å². The summed E-state index contributed by atoms with van der Waals surface area (Å²) in [6.07, 6.45) is 1.05. The van der Waals surface area contributed by atoms with Crippen LogP contribution in [-0.2, 0) is 16.4 Å². The average molecular weight is 549 g/mol. The summed E-state index contributed by atoms with van der Waals surface area (Å²) in [4.78, 5) is 4.88. The van der Waals surface area contributed by atoms with Gasteiger partial charge in [-0.3, -0.25) is 0 Å². The highest BCUT2D eigenvalue weighted by Crippen LogP contribution is 2.17. The number of rotatable bonds is 8. The van der Waals surface area contributed by atoms with E-state index in [4.69, 9.17) is 4.74 Å². The first kappa shape index (κ1) is 26.2. The zero-order chi connectivity index (χ0) is 21.4. The van der Waals surface area contributed by atoms with Crippen molar-refractivity contribution in [2.45, 2.75) is 38.3 Å². The molecule has 0 aliphatic carbocycles. The van der Waals surface area contributed by atoms with E-state index < -0.39 is 9.84 Å². The fourth-order valence-electron chi connectivity index (χ4n) is 2.77. The second kappa shape index (κ2) is 12.1. The number of benzene rings is 2. The number of hydrogen-bond acceptors (Lipinski definition) is 4. The Balaban J connectivity index is 0.00000450. The summed E-state index contributed by atoms with van der Waals surface area (Å²) >= 11 is 0. The second-order valence-electron chi connectivity index (χ2n) is 6.83. The minimum absolute atomic E-state index is 0. The molecule has 0 saturated heterocycles. The lowest BCUT2D eigenvalue weighted by Gasteiger charge is -2.17. The molecule has 0 spiro atoms. The number of halogens is 2. The Kier molecular flexibility index (Phi) is 10.5. The fourth-order valence-corrected chi connectivity index (χ4v) is 3.72. The van der Waals surface area contributed by atoms with Crippen molar-refractivity contribution in [2.24, 2.45) is 4.99 Å². The summed E-state index contributed by atoms with van der Waals surface area (Å²) in [7, 11) is -3.23. The summed E-state index contributed by atoms with van der Waals surface area (Å²) in [5.74, 6) is 0.931. The first-order chi connectivity index (χ1) is 13.7. The van der Waals surface area contributed by atoms with Crippen molar-refractivity contribution < 1.29 is 17.5 Å². The van der Waals surface area contributed by atoms with Crippen LogP contribution < -0.4 is 15.4 Å². The lowest BCUT2D eigenvalue weighted by molar-refractivity contribution is 0.223. The van der Waals surface area contributed by atoms with E-state index >= 15 is 0 Å². The third kappa shape index (κ3) is 8.47. The number of sulfone groups is 1. The zero-order valence-corrected chi connectivity index (χ0v) is 20.8. The van der Waals surface area contributed by atoms with Crippen LogP contribution in [0.15, 0.2) is 52.4 Å². The third-order valence-electron chi connectivity index (χ3n) is 4.11. The number of aliphatic imine (C=N–C) groups is 1. The number of hydrogen-bond donors (Lipinski definition) is 2. The fraction of sp³-hybridized carbons (Fsp3) is 0.381. The molecule has 0 heterocycles. The molecule has 2 N–H and O–H groups in total. The van der Waals surface area contributed by atoms with E-state index in [1.165, 1.54) is 18.4 Å². The van der Waals surface area contributed by atoms with Gasteiger partial charge in [0.1, 0.15) is 17.7 Å². The molecule has 2 rings (SSSR count). The van der Waals surface area contributed by atoms with Crippen molar-refractivity contribution >= 4 is 39.8 Å². The van der Waals surface area contributed by atoms with Gasteiger partial charge in [0.2, 0.25) is 0 Å². The molecule has 6 nitrogen and oxygen atoms in total. The molecule has 1 unspecified atom stereocenters. The minimum Gasteiger partial charge on any atom is -0.489 e. The van der Waals surface area contributed by atoms with E-state index in [0.29, 0.717) is 41.8 Å². The van der Waals surface area contributed by atoms with Crippen LogP contribution in [0.5, 0.6) is 5.75 Å². The Morgan fingerprint density at radius 3 is 2.40 bits per heavy atom. The van der Waals surface area contributed by atoms with Crippen molar-refractivity contribution in [2.75, 3.05) is 19.3 Å². The van der Waals surface area contributed by atoms with E-state index in [-0.39, 0.29) is 35.9 Å². The molecular formula is C21H29FIN3O3S. The van der Waals surface area contributed by atoms with Gasteiger partial charge in [0, 0.05) is 12.8 Å². The smallest absolute Gasteiger partial charge is 0.191 e. The monoisotopic (exact) mass is 549 g/mol. The van der Waals surface area contributed by atoms with Crippen molar-refractivity contribution in [1.82, 2.24) is 10.6 Å². The number of nitrogens with one attached hydrogen (secondary N) is 2. The van der Waals surface area contributed by atoms with Crippen LogP contribution >= 0.6 is 24.0 Å². The Labute approximate surface area is 195 Å². The van der Waals surface area contributed by atoms with Gasteiger partial charge < -0.3 is 15.4 Å². The van der Waals surface area contributed by atoms with Gasteiger partial charge in [-0.1, -0.05) is 12.1 Å². The SMILES string of the molecule is CCNC(=NCc1ccc(S(C)(=O)=O)c(C)c1)NCC(C)Oc1ccc(F)cc1.I. The molecule has 0 fully saturated rings. The molecule has 2 aromatic rings. The van der Waals surface area contributed by atoms with Gasteiger partial charge in [-0.2, -0.15) is 0 Å². The van der Waals surface area contributed by atoms with Gasteiger partial charge in [-0.05, 0) is 62.2 Å². The van der Waals surface area contributed by atoms with Crippen LogP contribution in [0.3, 0.4) is 0 Å². The molecule has 0 radical (unpaired) electrons. The van der Waals surface area contributed by atoms with Crippen molar-refractivity contribution in [3.63, 3.8) is 0 Å². The summed E-state index contributed by atoms with van der Waals surface area (Å²) in [5.41, 5.74) is 1.63. The van der Waals surface area contributed by atoms with E-state index in [9.17, 15) is 12.8 Å². The lowest BCUT2D eigenvalue weighted by Crippen LogP contribution is -2.41. The van der Waals surface area contributed by atoms with Gasteiger partial charge in [0.15, 0.2) is 15.8 Å². The molecule has 0 aliphatic heterocycles. The maximum Gasteiger partial charge on any atom is 0.191 e. The average Bonchev–Trinajstić information content (AvgIpc) is 2.65. The molecule has 2 aromatic carbocycles. The van der Waals surface area contributed by atoms with Crippen molar-refractivity contribution in [3.05, 3.63) is 59.4 Å². The Morgan fingerprint density at radius 1 is 1.17 bits per heavy atom. The first-order valence-corrected chi connectivity index (χ1v) is 11.3. The van der Waals surface area contributed by atoms with Gasteiger partial charge >= 0.3 is 0 Å². The second-order valence-corrected chi connectivity index (χ2v) is 8.81. The predicted octanol–water partition coefficient (Wildman–Crippen LogP) is 3.68. The molecule has 9 heteroatoms. The molecule has 166 valence electrons. The predicted molar refractivity (Wildman–Crippen MR) is 129 cm³/mol. The normalized spacial score (nSPS) is 12.6. The number of ether oxygens (including phenoxy) is 1. The highest BCUT2D eigenvalue weighted by Gasteiger charge is 2.11. The summed E-state index contributed by atoms with van der Waals surface area (Å²) in [5, 5.41) is 6.38. The highest BCUT2D eigenvalue weighted by atomic mass is 127. The number of aryl methyl sites for hydroxylation is 1. The van der Waals surface area contributed by atoms with Crippen molar-refractivity contribution in [3.8, 4) is 5.75 Å². The maximum atomic E-state index is 13.0. The minimum atomic E-state index is -3.23. The Bertz CT molecular complexity index is 950. The van der Waals surface area contributed by atoms with Crippen LogP contribution in [0, 0.1) is 12.7 Å². The maximum absolute atomic E-state index is 13.0. The van der Waals surface area contributed by atoms with E-state index in [2.05, 4.69) is 15.6 Å². The standard InChI is InChI=1S/C21H28FN3O3S.HI/c1-5-23-21(24-13-16(3)28-19-9-7-18(22)8-10-19)25-14-17-6-11-20(15(2)12-17)29(4,26)27;/h6-12,16H,5,13-14H2,1-4H3,(H2,23,24,25);1H. The summed E-state index contributed by atoms with van der Waals surface area (Å²) in [6.45, 7) is 7.28.